The quantitative estimate of drug-likeness (QED) is 0.843. The van der Waals surface area contributed by atoms with Gasteiger partial charge in [-0.25, -0.2) is 4.79 Å². The Labute approximate surface area is 103 Å². The summed E-state index contributed by atoms with van der Waals surface area (Å²) >= 11 is 0. The number of hydrogen-bond donors (Lipinski definition) is 2. The minimum Gasteiger partial charge on any atom is -0.475 e. The highest BCUT2D eigenvalue weighted by molar-refractivity contribution is 5.95. The van der Waals surface area contributed by atoms with Gasteiger partial charge in [0, 0.05) is 12.1 Å². The van der Waals surface area contributed by atoms with Gasteiger partial charge in [-0.1, -0.05) is 11.6 Å². The van der Waals surface area contributed by atoms with Crippen molar-refractivity contribution in [3.63, 3.8) is 0 Å². The highest BCUT2D eigenvalue weighted by Crippen LogP contribution is 2.44. The first-order valence-corrected chi connectivity index (χ1v) is 6.14. The molecule has 0 radical (unpaired) electrons. The molecule has 1 aromatic heterocycles. The Morgan fingerprint density at radius 1 is 1.39 bits per heavy atom. The van der Waals surface area contributed by atoms with Gasteiger partial charge in [-0.3, -0.25) is 4.79 Å². The molecule has 3 unspecified atom stereocenters. The van der Waals surface area contributed by atoms with Gasteiger partial charge in [0.2, 0.25) is 5.76 Å². The van der Waals surface area contributed by atoms with Crippen molar-refractivity contribution in [1.29, 1.82) is 0 Å². The van der Waals surface area contributed by atoms with Gasteiger partial charge < -0.3 is 14.9 Å². The van der Waals surface area contributed by atoms with Crippen LogP contribution < -0.4 is 5.32 Å². The second-order valence-electron chi connectivity index (χ2n) is 5.14. The largest absolute Gasteiger partial charge is 0.475 e. The van der Waals surface area contributed by atoms with E-state index < -0.39 is 5.97 Å². The number of nitrogens with one attached hydrogen (secondary N) is 1. The van der Waals surface area contributed by atoms with E-state index in [9.17, 15) is 9.59 Å². The van der Waals surface area contributed by atoms with E-state index in [0.717, 1.165) is 18.4 Å². The standard InChI is InChI=1S/C12H14N2O4/c15-11(9-5-10(12(16)17)18-14-9)13-8-4-6-1-2-7(8)3-6/h5-8H,1-4H2,(H,13,15)(H,16,17). The van der Waals surface area contributed by atoms with E-state index in [-0.39, 0.29) is 23.4 Å². The number of hydrogen-bond acceptors (Lipinski definition) is 4. The lowest BCUT2D eigenvalue weighted by Crippen LogP contribution is -2.38. The number of amides is 1. The van der Waals surface area contributed by atoms with Crippen molar-refractivity contribution in [2.75, 3.05) is 0 Å². The van der Waals surface area contributed by atoms with Crippen LogP contribution in [0.2, 0.25) is 0 Å². The van der Waals surface area contributed by atoms with Crippen LogP contribution in [0.5, 0.6) is 0 Å². The van der Waals surface area contributed by atoms with Gasteiger partial charge in [0.15, 0.2) is 5.69 Å². The molecule has 3 atom stereocenters. The number of aromatic carboxylic acids is 1. The first-order valence-electron chi connectivity index (χ1n) is 6.14. The summed E-state index contributed by atoms with van der Waals surface area (Å²) in [5, 5.41) is 15.1. The van der Waals surface area contributed by atoms with E-state index in [2.05, 4.69) is 15.0 Å². The molecule has 1 heterocycles. The number of carboxylic acids is 1. The van der Waals surface area contributed by atoms with Crippen molar-refractivity contribution in [2.45, 2.75) is 31.7 Å². The Bertz CT molecular complexity index is 496. The fourth-order valence-corrected chi connectivity index (χ4v) is 3.15. The van der Waals surface area contributed by atoms with Crippen LogP contribution in [0.4, 0.5) is 0 Å². The predicted molar refractivity (Wildman–Crippen MR) is 60.2 cm³/mol. The zero-order valence-corrected chi connectivity index (χ0v) is 9.76. The molecule has 2 bridgehead atoms. The normalized spacial score (nSPS) is 29.4. The smallest absolute Gasteiger partial charge is 0.374 e. The van der Waals surface area contributed by atoms with Gasteiger partial charge >= 0.3 is 5.97 Å². The molecular formula is C12H14N2O4. The van der Waals surface area contributed by atoms with E-state index in [4.69, 9.17) is 5.11 Å². The van der Waals surface area contributed by atoms with E-state index >= 15 is 0 Å². The third-order valence-electron chi connectivity index (χ3n) is 4.01. The second-order valence-corrected chi connectivity index (χ2v) is 5.14. The first kappa shape index (κ1) is 11.3. The van der Waals surface area contributed by atoms with Crippen molar-refractivity contribution in [2.24, 2.45) is 11.8 Å². The second kappa shape index (κ2) is 4.12. The Morgan fingerprint density at radius 2 is 2.22 bits per heavy atom. The average Bonchev–Trinajstić information content (AvgIpc) is 3.04. The molecule has 2 aliphatic carbocycles. The lowest BCUT2D eigenvalue weighted by molar-refractivity contribution is 0.0650. The average molecular weight is 250 g/mol. The molecule has 18 heavy (non-hydrogen) atoms. The van der Waals surface area contributed by atoms with Crippen LogP contribution in [0, 0.1) is 11.8 Å². The number of rotatable bonds is 3. The van der Waals surface area contributed by atoms with Crippen LogP contribution in [0.3, 0.4) is 0 Å². The van der Waals surface area contributed by atoms with Crippen LogP contribution in [0.25, 0.3) is 0 Å². The Hall–Kier alpha value is -1.85. The predicted octanol–water partition coefficient (Wildman–Crippen LogP) is 1.29. The number of carbonyl (C=O) groups is 2. The van der Waals surface area contributed by atoms with Gasteiger partial charge in [-0.05, 0) is 31.1 Å². The molecule has 3 rings (SSSR count). The van der Waals surface area contributed by atoms with Crippen molar-refractivity contribution < 1.29 is 19.2 Å². The highest BCUT2D eigenvalue weighted by Gasteiger charge is 2.40. The molecule has 2 aliphatic rings. The fourth-order valence-electron chi connectivity index (χ4n) is 3.15. The topological polar surface area (TPSA) is 92.4 Å². The van der Waals surface area contributed by atoms with Crippen LogP contribution in [-0.2, 0) is 0 Å². The van der Waals surface area contributed by atoms with E-state index in [1.54, 1.807) is 0 Å². The van der Waals surface area contributed by atoms with Gasteiger partial charge in [0.05, 0.1) is 0 Å². The molecular weight excluding hydrogens is 236 g/mol. The van der Waals surface area contributed by atoms with Gasteiger partial charge in [-0.15, -0.1) is 0 Å². The molecule has 0 saturated heterocycles. The molecule has 2 N–H and O–H groups in total. The van der Waals surface area contributed by atoms with E-state index in [1.807, 2.05) is 0 Å². The molecule has 1 amide bonds. The maximum absolute atomic E-state index is 11.9. The zero-order chi connectivity index (χ0) is 12.7. The van der Waals surface area contributed by atoms with E-state index in [0.29, 0.717) is 5.92 Å². The molecule has 6 heteroatoms. The fraction of sp³-hybridized carbons (Fsp3) is 0.583. The monoisotopic (exact) mass is 250 g/mol. The summed E-state index contributed by atoms with van der Waals surface area (Å²) in [4.78, 5) is 22.5. The van der Waals surface area contributed by atoms with Gasteiger partial charge in [0.25, 0.3) is 5.91 Å². The summed E-state index contributed by atoms with van der Waals surface area (Å²) in [6.07, 6.45) is 4.67. The summed E-state index contributed by atoms with van der Waals surface area (Å²) in [5.74, 6) is -0.560. The summed E-state index contributed by atoms with van der Waals surface area (Å²) in [5.41, 5.74) is 0.0372. The summed E-state index contributed by atoms with van der Waals surface area (Å²) < 4.78 is 4.56. The summed E-state index contributed by atoms with van der Waals surface area (Å²) in [6.45, 7) is 0. The third kappa shape index (κ3) is 1.87. The molecule has 2 fully saturated rings. The molecule has 0 aliphatic heterocycles. The third-order valence-corrected chi connectivity index (χ3v) is 4.01. The molecule has 1 aromatic rings. The van der Waals surface area contributed by atoms with Crippen molar-refractivity contribution >= 4 is 11.9 Å². The number of aromatic nitrogens is 1. The number of carboxylic acid groups (broad SMARTS) is 1. The molecule has 0 spiro atoms. The number of nitrogens with zero attached hydrogens (tertiary/aromatic N) is 1. The first-order chi connectivity index (χ1) is 8.63. The van der Waals surface area contributed by atoms with E-state index in [1.165, 1.54) is 19.3 Å². The van der Waals surface area contributed by atoms with Crippen LogP contribution in [-0.4, -0.2) is 28.2 Å². The maximum Gasteiger partial charge on any atom is 0.374 e. The molecule has 96 valence electrons. The van der Waals surface area contributed by atoms with Crippen LogP contribution >= 0.6 is 0 Å². The van der Waals surface area contributed by atoms with Gasteiger partial charge in [-0.2, -0.15) is 0 Å². The Balaban J connectivity index is 1.65. The minimum absolute atomic E-state index is 0.0372. The SMILES string of the molecule is O=C(NC1CC2CCC1C2)c1cc(C(=O)O)on1. The number of fused-ring (bicyclic) bond motifs is 2. The zero-order valence-electron chi connectivity index (χ0n) is 9.76. The highest BCUT2D eigenvalue weighted by atomic mass is 16.5. The van der Waals surface area contributed by atoms with Crippen LogP contribution in [0.15, 0.2) is 10.6 Å². The minimum atomic E-state index is -1.22. The molecule has 0 aromatic carbocycles. The Kier molecular flexibility index (Phi) is 2.57. The molecule has 6 nitrogen and oxygen atoms in total. The lowest BCUT2D eigenvalue weighted by Gasteiger charge is -2.22. The van der Waals surface area contributed by atoms with Crippen LogP contribution in [0.1, 0.15) is 46.7 Å². The lowest BCUT2D eigenvalue weighted by atomic mass is 9.95. The molecule has 2 saturated carbocycles. The van der Waals surface area contributed by atoms with Crippen molar-refractivity contribution in [3.05, 3.63) is 17.5 Å². The Morgan fingerprint density at radius 3 is 2.78 bits per heavy atom. The van der Waals surface area contributed by atoms with Crippen molar-refractivity contribution in [1.82, 2.24) is 10.5 Å². The maximum atomic E-state index is 11.9. The van der Waals surface area contributed by atoms with Gasteiger partial charge in [0.1, 0.15) is 0 Å². The van der Waals surface area contributed by atoms with Crippen molar-refractivity contribution in [3.8, 4) is 0 Å². The summed E-state index contributed by atoms with van der Waals surface area (Å²) in [7, 11) is 0. The summed E-state index contributed by atoms with van der Waals surface area (Å²) in [6, 6.07) is 1.37. The number of carbonyl (C=O) groups excluding carboxylic acids is 1.